The van der Waals surface area contributed by atoms with E-state index in [0.717, 1.165) is 17.9 Å². The molecule has 2 aromatic rings. The number of hydrogen-bond acceptors (Lipinski definition) is 3. The minimum Gasteiger partial charge on any atom is -0.369 e. The number of aromatic nitrogens is 2. The number of nitrogens with one attached hydrogen (secondary N) is 1. The summed E-state index contributed by atoms with van der Waals surface area (Å²) < 4.78 is 1.87. The third kappa shape index (κ3) is 3.06. The van der Waals surface area contributed by atoms with Gasteiger partial charge in [0.25, 0.3) is 0 Å². The van der Waals surface area contributed by atoms with Crippen LogP contribution in [0.5, 0.6) is 0 Å². The quantitative estimate of drug-likeness (QED) is 0.880. The second-order valence-electron chi connectivity index (χ2n) is 4.09. The number of aryl methyl sites for hydroxylation is 1. The van der Waals surface area contributed by atoms with Gasteiger partial charge in [-0.1, -0.05) is 11.6 Å². The number of imidazole rings is 1. The number of anilines is 1. The number of nitrogens with zero attached hydrogens (tertiary/aromatic N) is 2. The molecular formula is C13H15ClN4O. The number of carbonyl (C=O) groups is 1. The van der Waals surface area contributed by atoms with Gasteiger partial charge in [-0.2, -0.15) is 0 Å². The van der Waals surface area contributed by atoms with Crippen LogP contribution in [0.4, 0.5) is 5.69 Å². The fourth-order valence-corrected chi connectivity index (χ4v) is 1.97. The molecule has 0 aliphatic rings. The fourth-order valence-electron chi connectivity index (χ4n) is 1.84. The van der Waals surface area contributed by atoms with Gasteiger partial charge in [-0.3, -0.25) is 4.79 Å². The lowest BCUT2D eigenvalue weighted by Gasteiger charge is -2.18. The Morgan fingerprint density at radius 1 is 1.47 bits per heavy atom. The zero-order valence-corrected chi connectivity index (χ0v) is 11.3. The lowest BCUT2D eigenvalue weighted by molar-refractivity contribution is -0.119. The first kappa shape index (κ1) is 13.4. The molecule has 0 bridgehead atoms. The van der Waals surface area contributed by atoms with E-state index in [1.54, 1.807) is 36.8 Å². The Balaban J connectivity index is 2.26. The first-order valence-electron chi connectivity index (χ1n) is 5.93. The molecular weight excluding hydrogens is 264 g/mol. The monoisotopic (exact) mass is 278 g/mol. The van der Waals surface area contributed by atoms with Crippen LogP contribution >= 0.6 is 11.6 Å². The zero-order valence-electron chi connectivity index (χ0n) is 10.5. The van der Waals surface area contributed by atoms with Crippen molar-refractivity contribution in [2.75, 3.05) is 5.32 Å². The minimum atomic E-state index is -0.622. The van der Waals surface area contributed by atoms with Crippen LogP contribution in [-0.2, 0) is 11.3 Å². The second kappa shape index (κ2) is 5.75. The maximum absolute atomic E-state index is 11.6. The molecule has 19 heavy (non-hydrogen) atoms. The van der Waals surface area contributed by atoms with Crippen molar-refractivity contribution >= 4 is 23.2 Å². The van der Waals surface area contributed by atoms with E-state index in [0.29, 0.717) is 5.02 Å². The predicted molar refractivity (Wildman–Crippen MR) is 74.9 cm³/mol. The molecule has 1 atom stereocenters. The predicted octanol–water partition coefficient (Wildman–Crippen LogP) is 2.19. The molecule has 0 saturated heterocycles. The number of nitrogens with two attached hydrogens (primary N) is 1. The Morgan fingerprint density at radius 3 is 2.74 bits per heavy atom. The fraction of sp³-hybridized carbons (Fsp3) is 0.231. The molecule has 6 heteroatoms. The van der Waals surface area contributed by atoms with Crippen LogP contribution in [0.2, 0.25) is 5.02 Å². The van der Waals surface area contributed by atoms with Crippen molar-refractivity contribution in [3.8, 4) is 0 Å². The van der Waals surface area contributed by atoms with Crippen molar-refractivity contribution in [3.05, 3.63) is 47.5 Å². The molecule has 1 aromatic heterocycles. The smallest absolute Gasteiger partial charge is 0.246 e. The van der Waals surface area contributed by atoms with Crippen molar-refractivity contribution in [3.63, 3.8) is 0 Å². The van der Waals surface area contributed by atoms with E-state index in [2.05, 4.69) is 10.3 Å². The van der Waals surface area contributed by atoms with Crippen LogP contribution in [-0.4, -0.2) is 15.5 Å². The van der Waals surface area contributed by atoms with Gasteiger partial charge >= 0.3 is 0 Å². The zero-order chi connectivity index (χ0) is 13.8. The first-order valence-corrected chi connectivity index (χ1v) is 6.31. The molecule has 0 aliphatic carbocycles. The molecule has 5 nitrogen and oxygen atoms in total. The van der Waals surface area contributed by atoms with E-state index in [1.165, 1.54) is 0 Å². The lowest BCUT2D eigenvalue weighted by Crippen LogP contribution is -2.29. The molecule has 3 N–H and O–H groups in total. The van der Waals surface area contributed by atoms with E-state index in [4.69, 9.17) is 17.3 Å². The first-order chi connectivity index (χ1) is 9.11. The maximum atomic E-state index is 11.6. The van der Waals surface area contributed by atoms with Crippen LogP contribution in [0.1, 0.15) is 18.7 Å². The molecule has 0 radical (unpaired) electrons. The summed E-state index contributed by atoms with van der Waals surface area (Å²) in [4.78, 5) is 15.7. The van der Waals surface area contributed by atoms with Crippen LogP contribution < -0.4 is 11.1 Å². The number of rotatable bonds is 5. The molecule has 1 heterocycles. The highest BCUT2D eigenvalue weighted by Crippen LogP contribution is 2.21. The van der Waals surface area contributed by atoms with E-state index in [-0.39, 0.29) is 0 Å². The highest BCUT2D eigenvalue weighted by atomic mass is 35.5. The Labute approximate surface area is 116 Å². The van der Waals surface area contributed by atoms with E-state index in [9.17, 15) is 4.79 Å². The van der Waals surface area contributed by atoms with E-state index in [1.807, 2.05) is 11.5 Å². The van der Waals surface area contributed by atoms with E-state index >= 15 is 0 Å². The minimum absolute atomic E-state index is 0.454. The summed E-state index contributed by atoms with van der Waals surface area (Å²) >= 11 is 5.82. The Kier molecular flexibility index (Phi) is 4.06. The van der Waals surface area contributed by atoms with Gasteiger partial charge in [-0.05, 0) is 31.2 Å². The molecule has 1 aromatic carbocycles. The van der Waals surface area contributed by atoms with Crippen LogP contribution in [0.3, 0.4) is 0 Å². The number of hydrogen-bond donors (Lipinski definition) is 2. The Bertz CT molecular complexity index is 564. The van der Waals surface area contributed by atoms with Crippen molar-refractivity contribution in [1.29, 1.82) is 0 Å². The standard InChI is InChI=1S/C13H15ClN4O/c1-2-18-8-16-7-11(18)12(13(15)19)17-10-5-3-9(14)4-6-10/h3-8,12,17H,2H2,1H3,(H2,15,19). The summed E-state index contributed by atoms with van der Waals surface area (Å²) in [6, 6.07) is 6.47. The lowest BCUT2D eigenvalue weighted by atomic mass is 10.2. The third-order valence-corrected chi connectivity index (χ3v) is 3.07. The van der Waals surface area contributed by atoms with Gasteiger partial charge in [0.15, 0.2) is 0 Å². The third-order valence-electron chi connectivity index (χ3n) is 2.82. The van der Waals surface area contributed by atoms with Gasteiger partial charge < -0.3 is 15.6 Å². The molecule has 1 unspecified atom stereocenters. The molecule has 2 rings (SSSR count). The SMILES string of the molecule is CCn1cncc1C(Nc1ccc(Cl)cc1)C(N)=O. The average Bonchev–Trinajstić information content (AvgIpc) is 2.85. The second-order valence-corrected chi connectivity index (χ2v) is 4.53. The van der Waals surface area contributed by atoms with Crippen LogP contribution in [0.15, 0.2) is 36.8 Å². The van der Waals surface area contributed by atoms with Crippen LogP contribution in [0.25, 0.3) is 0 Å². The molecule has 100 valence electrons. The van der Waals surface area contributed by atoms with Gasteiger partial charge in [0.2, 0.25) is 5.91 Å². The Morgan fingerprint density at radius 2 is 2.16 bits per heavy atom. The molecule has 0 aliphatic heterocycles. The van der Waals surface area contributed by atoms with Crippen molar-refractivity contribution < 1.29 is 4.79 Å². The highest BCUT2D eigenvalue weighted by molar-refractivity contribution is 6.30. The number of halogens is 1. The normalized spacial score (nSPS) is 12.1. The average molecular weight is 279 g/mol. The van der Waals surface area contributed by atoms with Crippen molar-refractivity contribution in [2.45, 2.75) is 19.5 Å². The van der Waals surface area contributed by atoms with Gasteiger partial charge in [0.05, 0.1) is 18.2 Å². The molecule has 1 amide bonds. The molecule has 0 saturated carbocycles. The maximum Gasteiger partial charge on any atom is 0.246 e. The van der Waals surface area contributed by atoms with Gasteiger partial charge in [-0.25, -0.2) is 4.98 Å². The van der Waals surface area contributed by atoms with Crippen LogP contribution in [0, 0.1) is 0 Å². The number of benzene rings is 1. The number of primary amides is 1. The van der Waals surface area contributed by atoms with Gasteiger partial charge in [-0.15, -0.1) is 0 Å². The highest BCUT2D eigenvalue weighted by Gasteiger charge is 2.21. The Hall–Kier alpha value is -2.01. The summed E-state index contributed by atoms with van der Waals surface area (Å²) in [5.74, 6) is -0.454. The largest absolute Gasteiger partial charge is 0.369 e. The van der Waals surface area contributed by atoms with Gasteiger partial charge in [0, 0.05) is 17.3 Å². The van der Waals surface area contributed by atoms with Crippen molar-refractivity contribution in [1.82, 2.24) is 9.55 Å². The topological polar surface area (TPSA) is 72.9 Å². The van der Waals surface area contributed by atoms with Crippen molar-refractivity contribution in [2.24, 2.45) is 5.73 Å². The summed E-state index contributed by atoms with van der Waals surface area (Å²) in [6.07, 6.45) is 3.32. The molecule has 0 spiro atoms. The van der Waals surface area contributed by atoms with Gasteiger partial charge in [0.1, 0.15) is 6.04 Å². The van der Waals surface area contributed by atoms with E-state index < -0.39 is 11.9 Å². The number of amides is 1. The summed E-state index contributed by atoms with van der Waals surface area (Å²) in [6.45, 7) is 2.70. The summed E-state index contributed by atoms with van der Waals surface area (Å²) in [5.41, 5.74) is 6.98. The summed E-state index contributed by atoms with van der Waals surface area (Å²) in [7, 11) is 0. The number of carbonyl (C=O) groups excluding carboxylic acids is 1. The summed E-state index contributed by atoms with van der Waals surface area (Å²) in [5, 5.41) is 3.73. The molecule has 0 fully saturated rings.